The van der Waals surface area contributed by atoms with Crippen molar-refractivity contribution in [2.75, 3.05) is 12.3 Å². The molecule has 5 nitrogen and oxygen atoms in total. The topological polar surface area (TPSA) is 81.4 Å². The number of nitrogens with one attached hydrogen (secondary N) is 1. The minimum absolute atomic E-state index is 0.0233. The number of esters is 1. The van der Waals surface area contributed by atoms with E-state index in [9.17, 15) is 14.0 Å². The van der Waals surface area contributed by atoms with Crippen LogP contribution >= 0.6 is 0 Å². The summed E-state index contributed by atoms with van der Waals surface area (Å²) >= 11 is 0. The van der Waals surface area contributed by atoms with Crippen molar-refractivity contribution < 1.29 is 18.7 Å². The molecule has 0 aliphatic carbocycles. The van der Waals surface area contributed by atoms with Gasteiger partial charge in [0.2, 0.25) is 0 Å². The third-order valence-corrected chi connectivity index (χ3v) is 1.94. The van der Waals surface area contributed by atoms with E-state index in [1.54, 1.807) is 13.8 Å². The van der Waals surface area contributed by atoms with E-state index in [4.69, 9.17) is 10.5 Å². The molecule has 18 heavy (non-hydrogen) atoms. The Labute approximate surface area is 104 Å². The summed E-state index contributed by atoms with van der Waals surface area (Å²) in [6.07, 6.45) is 0. The van der Waals surface area contributed by atoms with Crippen molar-refractivity contribution in [2.45, 2.75) is 19.9 Å². The predicted molar refractivity (Wildman–Crippen MR) is 64.4 cm³/mol. The Hall–Kier alpha value is -2.11. The molecule has 0 saturated heterocycles. The van der Waals surface area contributed by atoms with Gasteiger partial charge in [0.05, 0.1) is 5.56 Å². The highest BCUT2D eigenvalue weighted by atomic mass is 19.1. The van der Waals surface area contributed by atoms with E-state index >= 15 is 0 Å². The number of carbonyl (C=O) groups is 2. The Bertz CT molecular complexity index is 440. The van der Waals surface area contributed by atoms with Crippen molar-refractivity contribution in [1.29, 1.82) is 0 Å². The smallest absolute Gasteiger partial charge is 0.338 e. The molecule has 98 valence electrons. The van der Waals surface area contributed by atoms with Gasteiger partial charge in [0.1, 0.15) is 5.82 Å². The van der Waals surface area contributed by atoms with Gasteiger partial charge in [-0.15, -0.1) is 0 Å². The van der Waals surface area contributed by atoms with Crippen LogP contribution in [0.5, 0.6) is 0 Å². The molecule has 1 aromatic carbocycles. The SMILES string of the molecule is CC(C)NC(=O)COC(=O)c1cc(N)cc(F)c1. The van der Waals surface area contributed by atoms with Gasteiger partial charge in [-0.25, -0.2) is 9.18 Å². The van der Waals surface area contributed by atoms with Crippen molar-refractivity contribution in [2.24, 2.45) is 0 Å². The summed E-state index contributed by atoms with van der Waals surface area (Å²) in [5.74, 6) is -1.84. The molecule has 0 aliphatic heterocycles. The molecule has 0 unspecified atom stereocenters. The highest BCUT2D eigenvalue weighted by Gasteiger charge is 2.12. The first kappa shape index (κ1) is 14.0. The second-order valence-electron chi connectivity index (χ2n) is 4.07. The number of rotatable bonds is 4. The molecule has 1 amide bonds. The van der Waals surface area contributed by atoms with Crippen molar-refractivity contribution in [3.05, 3.63) is 29.6 Å². The molecule has 1 aromatic rings. The van der Waals surface area contributed by atoms with Gasteiger partial charge in [-0.2, -0.15) is 0 Å². The van der Waals surface area contributed by atoms with Gasteiger partial charge in [-0.05, 0) is 32.0 Å². The van der Waals surface area contributed by atoms with Crippen LogP contribution in [0.2, 0.25) is 0 Å². The van der Waals surface area contributed by atoms with E-state index in [0.717, 1.165) is 12.1 Å². The maximum Gasteiger partial charge on any atom is 0.338 e. The number of nitrogen functional groups attached to an aromatic ring is 1. The molecule has 0 bridgehead atoms. The molecule has 6 heteroatoms. The van der Waals surface area contributed by atoms with Crippen LogP contribution < -0.4 is 11.1 Å². The number of hydrogen-bond acceptors (Lipinski definition) is 4. The number of anilines is 1. The van der Waals surface area contributed by atoms with E-state index < -0.39 is 24.3 Å². The largest absolute Gasteiger partial charge is 0.452 e. The fourth-order valence-electron chi connectivity index (χ4n) is 1.31. The Balaban J connectivity index is 2.58. The second kappa shape index (κ2) is 6.00. The number of nitrogens with two attached hydrogens (primary N) is 1. The van der Waals surface area contributed by atoms with Crippen LogP contribution in [0.1, 0.15) is 24.2 Å². The van der Waals surface area contributed by atoms with E-state index in [0.29, 0.717) is 0 Å². The maximum absolute atomic E-state index is 13.0. The van der Waals surface area contributed by atoms with Crippen molar-refractivity contribution in [1.82, 2.24) is 5.32 Å². The van der Waals surface area contributed by atoms with E-state index in [1.165, 1.54) is 6.07 Å². The van der Waals surface area contributed by atoms with Crippen LogP contribution in [-0.2, 0) is 9.53 Å². The van der Waals surface area contributed by atoms with Crippen LogP contribution in [0.4, 0.5) is 10.1 Å². The molecule has 0 aromatic heterocycles. The first-order valence-electron chi connectivity index (χ1n) is 5.41. The zero-order chi connectivity index (χ0) is 13.7. The molecular weight excluding hydrogens is 239 g/mol. The summed E-state index contributed by atoms with van der Waals surface area (Å²) in [6.45, 7) is 3.16. The lowest BCUT2D eigenvalue weighted by Gasteiger charge is -2.09. The summed E-state index contributed by atoms with van der Waals surface area (Å²) in [4.78, 5) is 22.8. The van der Waals surface area contributed by atoms with Gasteiger partial charge in [-0.1, -0.05) is 0 Å². The quantitative estimate of drug-likeness (QED) is 0.622. The zero-order valence-corrected chi connectivity index (χ0v) is 10.2. The molecule has 0 spiro atoms. The summed E-state index contributed by atoms with van der Waals surface area (Å²) in [6, 6.07) is 3.33. The molecular formula is C12H15FN2O3. The maximum atomic E-state index is 13.0. The number of ether oxygens (including phenoxy) is 1. The summed E-state index contributed by atoms with van der Waals surface area (Å²) in [5, 5.41) is 2.56. The summed E-state index contributed by atoms with van der Waals surface area (Å²) < 4.78 is 17.7. The standard InChI is InChI=1S/C12H15FN2O3/c1-7(2)15-11(16)6-18-12(17)8-3-9(13)5-10(14)4-8/h3-5,7H,6,14H2,1-2H3,(H,15,16). The first-order chi connectivity index (χ1) is 8.38. The monoisotopic (exact) mass is 254 g/mol. The van der Waals surface area contributed by atoms with Crippen LogP contribution in [0.3, 0.4) is 0 Å². The number of benzene rings is 1. The Morgan fingerprint density at radius 1 is 1.39 bits per heavy atom. The molecule has 0 aliphatic rings. The van der Waals surface area contributed by atoms with E-state index in [-0.39, 0.29) is 17.3 Å². The number of hydrogen-bond donors (Lipinski definition) is 2. The lowest BCUT2D eigenvalue weighted by Crippen LogP contribution is -2.34. The summed E-state index contributed by atoms with van der Waals surface area (Å²) in [5.41, 5.74) is 5.49. The van der Waals surface area contributed by atoms with Crippen LogP contribution in [-0.4, -0.2) is 24.5 Å². The minimum Gasteiger partial charge on any atom is -0.452 e. The van der Waals surface area contributed by atoms with Crippen LogP contribution in [0.25, 0.3) is 0 Å². The van der Waals surface area contributed by atoms with Crippen LogP contribution in [0, 0.1) is 5.82 Å². The fraction of sp³-hybridized carbons (Fsp3) is 0.333. The first-order valence-corrected chi connectivity index (χ1v) is 5.41. The molecule has 0 heterocycles. The molecule has 3 N–H and O–H groups in total. The van der Waals surface area contributed by atoms with Gasteiger partial charge in [-0.3, -0.25) is 4.79 Å². The van der Waals surface area contributed by atoms with Crippen LogP contribution in [0.15, 0.2) is 18.2 Å². The Morgan fingerprint density at radius 3 is 2.61 bits per heavy atom. The molecule has 0 fully saturated rings. The molecule has 0 saturated carbocycles. The predicted octanol–water partition coefficient (Wildman–Crippen LogP) is 1.09. The highest BCUT2D eigenvalue weighted by molar-refractivity contribution is 5.92. The van der Waals surface area contributed by atoms with E-state index in [2.05, 4.69) is 5.32 Å². The normalized spacial score (nSPS) is 10.2. The second-order valence-corrected chi connectivity index (χ2v) is 4.07. The molecule has 0 atom stereocenters. The highest BCUT2D eigenvalue weighted by Crippen LogP contribution is 2.11. The minimum atomic E-state index is -0.792. The lowest BCUT2D eigenvalue weighted by molar-refractivity contribution is -0.124. The van der Waals surface area contributed by atoms with Gasteiger partial charge >= 0.3 is 5.97 Å². The van der Waals surface area contributed by atoms with Gasteiger partial charge in [0.25, 0.3) is 5.91 Å². The fourth-order valence-corrected chi connectivity index (χ4v) is 1.31. The average molecular weight is 254 g/mol. The zero-order valence-electron chi connectivity index (χ0n) is 10.2. The van der Waals surface area contributed by atoms with E-state index in [1.807, 2.05) is 0 Å². The number of halogens is 1. The molecule has 0 radical (unpaired) electrons. The van der Waals surface area contributed by atoms with Gasteiger partial charge in [0.15, 0.2) is 6.61 Å². The van der Waals surface area contributed by atoms with Gasteiger partial charge < -0.3 is 15.8 Å². The molecule has 1 rings (SSSR count). The summed E-state index contributed by atoms with van der Waals surface area (Å²) in [7, 11) is 0. The number of carbonyl (C=O) groups excluding carboxylic acids is 2. The third kappa shape index (κ3) is 4.40. The lowest BCUT2D eigenvalue weighted by atomic mass is 10.2. The van der Waals surface area contributed by atoms with Crippen molar-refractivity contribution in [3.63, 3.8) is 0 Å². The third-order valence-electron chi connectivity index (χ3n) is 1.94. The Kier molecular flexibility index (Phi) is 4.65. The van der Waals surface area contributed by atoms with Crippen molar-refractivity contribution >= 4 is 17.6 Å². The Morgan fingerprint density at radius 2 is 2.06 bits per heavy atom. The average Bonchev–Trinajstić information content (AvgIpc) is 2.23. The number of amides is 1. The van der Waals surface area contributed by atoms with Crippen molar-refractivity contribution in [3.8, 4) is 0 Å². The van der Waals surface area contributed by atoms with Gasteiger partial charge in [0, 0.05) is 11.7 Å².